The highest BCUT2D eigenvalue weighted by Gasteiger charge is 2.24. The molecular weight excluding hydrogens is 344 g/mol. The number of hydrogen-bond acceptors (Lipinski definition) is 3. The summed E-state index contributed by atoms with van der Waals surface area (Å²) in [5, 5.41) is 0.730. The van der Waals surface area contributed by atoms with Gasteiger partial charge in [0.2, 0.25) is 0 Å². The monoisotopic (exact) mass is 368 g/mol. The van der Waals surface area contributed by atoms with Gasteiger partial charge >= 0.3 is 5.69 Å². The second kappa shape index (κ2) is 6.88. The van der Waals surface area contributed by atoms with Gasteiger partial charge in [-0.1, -0.05) is 49.6 Å². The van der Waals surface area contributed by atoms with Crippen molar-refractivity contribution in [3.63, 3.8) is 0 Å². The lowest BCUT2D eigenvalue weighted by molar-refractivity contribution is 0.333. The molecule has 0 radical (unpaired) electrons. The standard InChI is InChI=1S/C21H24N2O2S/c1-14-15(2)26-20-18(14)19(24)23(17-11-7-4-8-12-17)21(25)22(20)13-16-9-5-3-6-10-16/h3,5-6,9-10,17H,4,7-8,11-13H2,1-2H3. The highest BCUT2D eigenvalue weighted by molar-refractivity contribution is 7.18. The third kappa shape index (κ3) is 2.84. The first kappa shape index (κ1) is 17.3. The minimum Gasteiger partial charge on any atom is -0.280 e. The first-order chi connectivity index (χ1) is 12.6. The molecule has 0 unspecified atom stereocenters. The quantitative estimate of drug-likeness (QED) is 0.688. The molecule has 136 valence electrons. The Balaban J connectivity index is 1.98. The summed E-state index contributed by atoms with van der Waals surface area (Å²) in [6, 6.07) is 10.0. The van der Waals surface area contributed by atoms with Crippen LogP contribution in [0.25, 0.3) is 10.2 Å². The fourth-order valence-corrected chi connectivity index (χ4v) is 5.18. The number of thiophene rings is 1. The first-order valence-electron chi connectivity index (χ1n) is 9.37. The van der Waals surface area contributed by atoms with Crippen molar-refractivity contribution in [3.05, 3.63) is 67.2 Å². The van der Waals surface area contributed by atoms with Crippen molar-refractivity contribution < 1.29 is 0 Å². The Morgan fingerprint density at radius 3 is 2.42 bits per heavy atom. The van der Waals surface area contributed by atoms with Gasteiger partial charge in [-0.05, 0) is 37.8 Å². The molecule has 0 bridgehead atoms. The van der Waals surface area contributed by atoms with Crippen molar-refractivity contribution >= 4 is 21.6 Å². The first-order valence-corrected chi connectivity index (χ1v) is 10.2. The maximum atomic E-state index is 13.4. The molecule has 1 saturated carbocycles. The number of rotatable bonds is 3. The van der Waals surface area contributed by atoms with Crippen molar-refractivity contribution in [2.45, 2.75) is 58.5 Å². The van der Waals surface area contributed by atoms with E-state index < -0.39 is 0 Å². The van der Waals surface area contributed by atoms with Crippen LogP contribution in [0.3, 0.4) is 0 Å². The van der Waals surface area contributed by atoms with Gasteiger partial charge in [0.15, 0.2) is 0 Å². The summed E-state index contributed by atoms with van der Waals surface area (Å²) >= 11 is 1.56. The Labute approximate surface area is 156 Å². The Hall–Kier alpha value is -2.14. The van der Waals surface area contributed by atoms with Gasteiger partial charge in [0.05, 0.1) is 11.9 Å². The zero-order chi connectivity index (χ0) is 18.3. The molecule has 3 aromatic rings. The van der Waals surface area contributed by atoms with Gasteiger partial charge in [0.1, 0.15) is 4.83 Å². The number of aromatic nitrogens is 2. The molecule has 0 spiro atoms. The smallest absolute Gasteiger partial charge is 0.280 e. The van der Waals surface area contributed by atoms with Gasteiger partial charge in [0, 0.05) is 10.9 Å². The van der Waals surface area contributed by atoms with Gasteiger partial charge < -0.3 is 0 Å². The van der Waals surface area contributed by atoms with Gasteiger partial charge in [-0.3, -0.25) is 13.9 Å². The summed E-state index contributed by atoms with van der Waals surface area (Å²) in [6.45, 7) is 4.53. The van der Waals surface area contributed by atoms with Crippen molar-refractivity contribution in [2.24, 2.45) is 0 Å². The fraction of sp³-hybridized carbons (Fsp3) is 0.429. The van der Waals surface area contributed by atoms with Crippen LogP contribution >= 0.6 is 11.3 Å². The van der Waals surface area contributed by atoms with Crippen LogP contribution in [0.2, 0.25) is 0 Å². The van der Waals surface area contributed by atoms with Crippen LogP contribution in [-0.2, 0) is 6.54 Å². The molecule has 5 heteroatoms. The highest BCUT2D eigenvalue weighted by atomic mass is 32.1. The van der Waals surface area contributed by atoms with Gasteiger partial charge in [-0.15, -0.1) is 11.3 Å². The molecule has 26 heavy (non-hydrogen) atoms. The molecule has 2 aromatic heterocycles. The number of fused-ring (bicyclic) bond motifs is 1. The molecule has 0 aliphatic heterocycles. The molecule has 1 aliphatic rings. The maximum Gasteiger partial charge on any atom is 0.332 e. The summed E-state index contributed by atoms with van der Waals surface area (Å²) in [5.41, 5.74) is 1.84. The van der Waals surface area contributed by atoms with E-state index in [1.165, 1.54) is 6.42 Å². The number of aryl methyl sites for hydroxylation is 2. The van der Waals surface area contributed by atoms with Gasteiger partial charge in [0.25, 0.3) is 5.56 Å². The third-order valence-corrected chi connectivity index (χ3v) is 6.84. The number of hydrogen-bond donors (Lipinski definition) is 0. The van der Waals surface area contributed by atoms with Crippen LogP contribution < -0.4 is 11.2 Å². The average molecular weight is 369 g/mol. The summed E-state index contributed by atoms with van der Waals surface area (Å²) in [4.78, 5) is 28.5. The molecular formula is C21H24N2O2S. The fourth-order valence-electron chi connectivity index (χ4n) is 4.04. The lowest BCUT2D eigenvalue weighted by Gasteiger charge is -2.24. The second-order valence-electron chi connectivity index (χ2n) is 7.28. The van der Waals surface area contributed by atoms with E-state index in [-0.39, 0.29) is 17.3 Å². The SMILES string of the molecule is Cc1sc2c(c1C)c(=O)n(C1CCCCC1)c(=O)n2Cc1ccccc1. The molecule has 0 N–H and O–H groups in total. The van der Waals surface area contributed by atoms with Crippen LogP contribution in [0.1, 0.15) is 54.1 Å². The van der Waals surface area contributed by atoms with E-state index in [2.05, 4.69) is 0 Å². The van der Waals surface area contributed by atoms with Crippen molar-refractivity contribution in [1.29, 1.82) is 0 Å². The number of benzene rings is 1. The summed E-state index contributed by atoms with van der Waals surface area (Å²) in [6.07, 6.45) is 5.23. The zero-order valence-electron chi connectivity index (χ0n) is 15.3. The van der Waals surface area contributed by atoms with E-state index in [0.29, 0.717) is 6.54 Å². The Morgan fingerprint density at radius 2 is 1.73 bits per heavy atom. The molecule has 0 amide bonds. The van der Waals surface area contributed by atoms with Crippen LogP contribution in [0.5, 0.6) is 0 Å². The maximum absolute atomic E-state index is 13.4. The van der Waals surface area contributed by atoms with E-state index in [9.17, 15) is 9.59 Å². The summed E-state index contributed by atoms with van der Waals surface area (Å²) < 4.78 is 3.37. The predicted molar refractivity (Wildman–Crippen MR) is 107 cm³/mol. The largest absolute Gasteiger partial charge is 0.332 e. The minimum atomic E-state index is -0.153. The zero-order valence-corrected chi connectivity index (χ0v) is 16.1. The van der Waals surface area contributed by atoms with E-state index in [0.717, 1.165) is 51.9 Å². The van der Waals surface area contributed by atoms with Crippen molar-refractivity contribution in [1.82, 2.24) is 9.13 Å². The molecule has 1 aliphatic carbocycles. The molecule has 4 rings (SSSR count). The molecule has 1 aromatic carbocycles. The van der Waals surface area contributed by atoms with Gasteiger partial charge in [-0.25, -0.2) is 4.79 Å². The van der Waals surface area contributed by atoms with Crippen molar-refractivity contribution in [2.75, 3.05) is 0 Å². The molecule has 2 heterocycles. The van der Waals surface area contributed by atoms with Gasteiger partial charge in [-0.2, -0.15) is 0 Å². The van der Waals surface area contributed by atoms with E-state index >= 15 is 0 Å². The van der Waals surface area contributed by atoms with Crippen LogP contribution in [-0.4, -0.2) is 9.13 Å². The predicted octanol–water partition coefficient (Wildman–Crippen LogP) is 4.40. The van der Waals surface area contributed by atoms with Crippen LogP contribution in [0.4, 0.5) is 0 Å². The lowest BCUT2D eigenvalue weighted by Crippen LogP contribution is -2.42. The summed E-state index contributed by atoms with van der Waals surface area (Å²) in [5.74, 6) is 0. The van der Waals surface area contributed by atoms with E-state index in [1.54, 1.807) is 15.9 Å². The second-order valence-corrected chi connectivity index (χ2v) is 8.49. The van der Waals surface area contributed by atoms with E-state index in [4.69, 9.17) is 0 Å². The van der Waals surface area contributed by atoms with Crippen molar-refractivity contribution in [3.8, 4) is 0 Å². The Morgan fingerprint density at radius 1 is 1.04 bits per heavy atom. The Kier molecular flexibility index (Phi) is 4.57. The van der Waals surface area contributed by atoms with Crippen LogP contribution in [0, 0.1) is 13.8 Å². The normalized spacial score (nSPS) is 15.6. The lowest BCUT2D eigenvalue weighted by atomic mass is 9.95. The average Bonchev–Trinajstić information content (AvgIpc) is 2.96. The third-order valence-electron chi connectivity index (χ3n) is 5.60. The molecule has 0 saturated heterocycles. The molecule has 1 fully saturated rings. The highest BCUT2D eigenvalue weighted by Crippen LogP contribution is 2.30. The van der Waals surface area contributed by atoms with E-state index in [1.807, 2.05) is 48.7 Å². The number of nitrogens with zero attached hydrogens (tertiary/aromatic N) is 2. The molecule has 4 nitrogen and oxygen atoms in total. The molecule has 0 atom stereocenters. The minimum absolute atomic E-state index is 0.0368. The summed E-state index contributed by atoms with van der Waals surface area (Å²) in [7, 11) is 0. The Bertz CT molecular complexity index is 1050. The topological polar surface area (TPSA) is 44.0 Å². The van der Waals surface area contributed by atoms with Crippen LogP contribution in [0.15, 0.2) is 39.9 Å².